The summed E-state index contributed by atoms with van der Waals surface area (Å²) in [7, 11) is 4.64. The highest BCUT2D eigenvalue weighted by Gasteiger charge is 2.44. The zero-order valence-electron chi connectivity index (χ0n) is 20.6. The largest absolute Gasteiger partial charge is 0.497 e. The number of hydrogen-bond acceptors (Lipinski definition) is 6. The quantitative estimate of drug-likeness (QED) is 0.417. The van der Waals surface area contributed by atoms with Gasteiger partial charge in [0.25, 0.3) is 5.91 Å². The van der Waals surface area contributed by atoms with E-state index >= 15 is 0 Å². The molecule has 1 atom stereocenters. The minimum Gasteiger partial charge on any atom is -0.497 e. The predicted molar refractivity (Wildman–Crippen MR) is 142 cm³/mol. The summed E-state index contributed by atoms with van der Waals surface area (Å²) in [6, 6.07) is 16.9. The van der Waals surface area contributed by atoms with Crippen molar-refractivity contribution in [2.45, 2.75) is 19.0 Å². The highest BCUT2D eigenvalue weighted by Crippen LogP contribution is 2.32. The van der Waals surface area contributed by atoms with E-state index in [2.05, 4.69) is 5.32 Å². The minimum atomic E-state index is -0.871. The van der Waals surface area contributed by atoms with E-state index in [1.807, 2.05) is 6.07 Å². The van der Waals surface area contributed by atoms with Gasteiger partial charge in [-0.1, -0.05) is 6.07 Å². The lowest BCUT2D eigenvalue weighted by atomic mass is 10.1. The number of thiocarbonyl (C=S) groups is 1. The molecule has 2 amide bonds. The number of hydrogen-bond donors (Lipinski definition) is 1. The Labute approximate surface area is 219 Å². The summed E-state index contributed by atoms with van der Waals surface area (Å²) < 4.78 is 29.4. The van der Waals surface area contributed by atoms with Gasteiger partial charge >= 0.3 is 0 Å². The molecule has 37 heavy (non-hydrogen) atoms. The van der Waals surface area contributed by atoms with Crippen LogP contribution in [0.1, 0.15) is 12.0 Å². The van der Waals surface area contributed by atoms with E-state index in [9.17, 15) is 14.0 Å². The second kappa shape index (κ2) is 11.3. The summed E-state index contributed by atoms with van der Waals surface area (Å²) in [6.07, 6.45) is -0.143. The first-order valence-electron chi connectivity index (χ1n) is 11.4. The molecule has 1 saturated heterocycles. The number of rotatable bonds is 9. The molecule has 0 bridgehead atoms. The Morgan fingerprint density at radius 3 is 2.24 bits per heavy atom. The number of anilines is 2. The highest BCUT2D eigenvalue weighted by atomic mass is 32.1. The fourth-order valence-corrected chi connectivity index (χ4v) is 4.47. The van der Waals surface area contributed by atoms with Crippen LogP contribution in [0.5, 0.6) is 17.2 Å². The average molecular weight is 524 g/mol. The van der Waals surface area contributed by atoms with Gasteiger partial charge in [0.1, 0.15) is 17.6 Å². The second-order valence-corrected chi connectivity index (χ2v) is 8.61. The smallest absolute Gasteiger partial charge is 0.256 e. The molecule has 1 heterocycles. The fourth-order valence-electron chi connectivity index (χ4n) is 4.08. The third kappa shape index (κ3) is 5.64. The van der Waals surface area contributed by atoms with Crippen molar-refractivity contribution in [1.82, 2.24) is 4.90 Å². The van der Waals surface area contributed by atoms with Crippen molar-refractivity contribution in [2.24, 2.45) is 0 Å². The molecule has 0 aromatic heterocycles. The standard InChI is InChI=1S/C27H26FN3O5S/c1-34-21-11-7-19(8-12-21)29-25(32)15-22-26(33)31(20-9-5-18(28)6-10-20)27(37)30(22)16-17-4-13-23(35-2)24(14-17)36-3/h4-14,22H,15-16H2,1-3H3,(H,29,32)/t22-/m0/s1. The van der Waals surface area contributed by atoms with Gasteiger partial charge in [-0.05, 0) is 78.4 Å². The van der Waals surface area contributed by atoms with Gasteiger partial charge in [0.05, 0.1) is 33.4 Å². The monoisotopic (exact) mass is 523 g/mol. The number of carbonyl (C=O) groups excluding carboxylic acids is 2. The molecule has 8 nitrogen and oxygen atoms in total. The molecule has 0 unspecified atom stereocenters. The fraction of sp³-hybridized carbons (Fsp3) is 0.222. The molecule has 4 rings (SSSR count). The van der Waals surface area contributed by atoms with Crippen LogP contribution in [-0.2, 0) is 16.1 Å². The van der Waals surface area contributed by atoms with Crippen LogP contribution in [0, 0.1) is 5.82 Å². The third-order valence-corrected chi connectivity index (χ3v) is 6.37. The van der Waals surface area contributed by atoms with E-state index in [4.69, 9.17) is 26.4 Å². The van der Waals surface area contributed by atoms with Gasteiger partial charge in [-0.2, -0.15) is 0 Å². The number of nitrogens with zero attached hydrogens (tertiary/aromatic N) is 2. The number of amides is 2. The first-order valence-corrected chi connectivity index (χ1v) is 11.8. The lowest BCUT2D eigenvalue weighted by Crippen LogP contribution is -2.37. The molecule has 0 aliphatic carbocycles. The first-order chi connectivity index (χ1) is 17.8. The number of benzene rings is 3. The Morgan fingerprint density at radius 1 is 0.946 bits per heavy atom. The molecular weight excluding hydrogens is 497 g/mol. The number of methoxy groups -OCH3 is 3. The second-order valence-electron chi connectivity index (χ2n) is 8.25. The normalized spacial score (nSPS) is 15.1. The molecule has 1 N–H and O–H groups in total. The zero-order valence-corrected chi connectivity index (χ0v) is 21.4. The van der Waals surface area contributed by atoms with Crippen LogP contribution in [0.15, 0.2) is 66.7 Å². The average Bonchev–Trinajstić information content (AvgIpc) is 3.13. The summed E-state index contributed by atoms with van der Waals surface area (Å²) in [5.41, 5.74) is 1.79. The molecule has 192 valence electrons. The van der Waals surface area contributed by atoms with Gasteiger partial charge in [0.15, 0.2) is 16.6 Å². The maximum Gasteiger partial charge on any atom is 0.256 e. The van der Waals surface area contributed by atoms with Crippen molar-refractivity contribution < 1.29 is 28.2 Å². The van der Waals surface area contributed by atoms with E-state index in [1.54, 1.807) is 55.5 Å². The molecule has 1 aliphatic heterocycles. The summed E-state index contributed by atoms with van der Waals surface area (Å²) in [5.74, 6) is 0.589. The Morgan fingerprint density at radius 2 is 1.62 bits per heavy atom. The Kier molecular flexibility index (Phi) is 7.88. The van der Waals surface area contributed by atoms with Gasteiger partial charge in [-0.3, -0.25) is 14.5 Å². The van der Waals surface area contributed by atoms with Crippen LogP contribution in [0.2, 0.25) is 0 Å². The van der Waals surface area contributed by atoms with E-state index in [0.29, 0.717) is 28.6 Å². The van der Waals surface area contributed by atoms with Crippen molar-refractivity contribution in [3.63, 3.8) is 0 Å². The molecule has 1 aliphatic rings. The van der Waals surface area contributed by atoms with Crippen LogP contribution >= 0.6 is 12.2 Å². The maximum atomic E-state index is 13.6. The van der Waals surface area contributed by atoms with Crippen LogP contribution in [0.25, 0.3) is 0 Å². The molecule has 0 saturated carbocycles. The van der Waals surface area contributed by atoms with E-state index in [0.717, 1.165) is 5.56 Å². The van der Waals surface area contributed by atoms with Gasteiger partial charge in [-0.15, -0.1) is 0 Å². The van der Waals surface area contributed by atoms with E-state index in [-0.39, 0.29) is 29.9 Å². The Bertz CT molecular complexity index is 1300. The SMILES string of the molecule is COc1ccc(NC(=O)C[C@H]2C(=O)N(c3ccc(F)cc3)C(=S)N2Cc2ccc(OC)c(OC)c2)cc1. The Balaban J connectivity index is 1.61. The Hall–Kier alpha value is -4.18. The van der Waals surface area contributed by atoms with Crippen LogP contribution in [0.3, 0.4) is 0 Å². The lowest BCUT2D eigenvalue weighted by Gasteiger charge is -2.24. The molecule has 3 aromatic rings. The minimum absolute atomic E-state index is 0.143. The van der Waals surface area contributed by atoms with Crippen molar-refractivity contribution in [3.05, 3.63) is 78.1 Å². The summed E-state index contributed by atoms with van der Waals surface area (Å²) in [4.78, 5) is 29.6. The van der Waals surface area contributed by atoms with Crippen molar-refractivity contribution >= 4 is 40.5 Å². The van der Waals surface area contributed by atoms with Gasteiger partial charge < -0.3 is 24.4 Å². The van der Waals surface area contributed by atoms with Gasteiger partial charge in [0.2, 0.25) is 5.91 Å². The maximum absolute atomic E-state index is 13.6. The van der Waals surface area contributed by atoms with Crippen LogP contribution in [-0.4, -0.2) is 49.2 Å². The van der Waals surface area contributed by atoms with E-state index < -0.39 is 11.9 Å². The lowest BCUT2D eigenvalue weighted by molar-refractivity contribution is -0.124. The molecule has 1 fully saturated rings. The molecule has 3 aromatic carbocycles. The van der Waals surface area contributed by atoms with Crippen molar-refractivity contribution in [2.75, 3.05) is 31.5 Å². The molecular formula is C27H26FN3O5S. The van der Waals surface area contributed by atoms with Gasteiger partial charge in [-0.25, -0.2) is 4.39 Å². The topological polar surface area (TPSA) is 80.3 Å². The molecule has 0 radical (unpaired) electrons. The van der Waals surface area contributed by atoms with Gasteiger partial charge in [0, 0.05) is 12.2 Å². The zero-order chi connectivity index (χ0) is 26.5. The van der Waals surface area contributed by atoms with Crippen molar-refractivity contribution in [3.8, 4) is 17.2 Å². The number of ether oxygens (including phenoxy) is 3. The van der Waals surface area contributed by atoms with Crippen LogP contribution < -0.4 is 24.4 Å². The molecule has 10 heteroatoms. The van der Waals surface area contributed by atoms with Crippen LogP contribution in [0.4, 0.5) is 15.8 Å². The molecule has 0 spiro atoms. The summed E-state index contributed by atoms with van der Waals surface area (Å²) in [6.45, 7) is 0.239. The number of nitrogens with one attached hydrogen (secondary N) is 1. The highest BCUT2D eigenvalue weighted by molar-refractivity contribution is 7.80. The third-order valence-electron chi connectivity index (χ3n) is 5.96. The number of halogens is 1. The van der Waals surface area contributed by atoms with Crippen molar-refractivity contribution in [1.29, 1.82) is 0 Å². The predicted octanol–water partition coefficient (Wildman–Crippen LogP) is 4.38. The van der Waals surface area contributed by atoms with E-state index in [1.165, 1.54) is 36.3 Å². The first kappa shape index (κ1) is 25.9. The summed E-state index contributed by atoms with van der Waals surface area (Å²) in [5, 5.41) is 3.03. The number of carbonyl (C=O) groups is 2. The summed E-state index contributed by atoms with van der Waals surface area (Å²) >= 11 is 5.69.